The Labute approximate surface area is 105 Å². The Bertz CT molecular complexity index is 416. The van der Waals surface area contributed by atoms with E-state index in [0.29, 0.717) is 0 Å². The Hall–Kier alpha value is -0.950. The fourth-order valence-electron chi connectivity index (χ4n) is 1.59. The van der Waals surface area contributed by atoms with Crippen LogP contribution in [-0.4, -0.2) is 41.4 Å². The normalized spacial score (nSPS) is 40.9. The van der Waals surface area contributed by atoms with Crippen LogP contribution in [0.2, 0.25) is 0 Å². The zero-order valence-corrected chi connectivity index (χ0v) is 8.82. The summed E-state index contributed by atoms with van der Waals surface area (Å²) in [5.74, 6) is -38.3. The Balaban J connectivity index is 3.93. The summed E-state index contributed by atoms with van der Waals surface area (Å²) >= 11 is 0. The van der Waals surface area contributed by atoms with Crippen molar-refractivity contribution < 1.29 is 62.2 Å². The third-order valence-electron chi connectivity index (χ3n) is 2.85. The molecule has 1 radical (unpaired) electrons. The maximum Gasteiger partial charge on any atom is 0.434 e. The summed E-state index contributed by atoms with van der Waals surface area (Å²) in [5.41, 5.74) is -7.80. The first-order chi connectivity index (χ1) is 8.75. The van der Waals surface area contributed by atoms with Crippen LogP contribution in [0.3, 0.4) is 0 Å². The van der Waals surface area contributed by atoms with E-state index in [1.54, 1.807) is 0 Å². The summed E-state index contributed by atoms with van der Waals surface area (Å²) in [6.45, 7) is 0. The van der Waals surface area contributed by atoms with Crippen molar-refractivity contribution in [2.24, 2.45) is 0 Å². The van der Waals surface area contributed by atoms with E-state index in [4.69, 9.17) is 0 Å². The molecule has 0 saturated heterocycles. The van der Waals surface area contributed by atoms with Crippen molar-refractivity contribution in [3.63, 3.8) is 0 Å². The molecule has 14 heteroatoms. The summed E-state index contributed by atoms with van der Waals surface area (Å²) in [6, 6.07) is 0. The molecule has 2 atom stereocenters. The molecule has 0 spiro atoms. The highest BCUT2D eigenvalue weighted by Gasteiger charge is 3.05. The first kappa shape index (κ1) is 18.1. The predicted octanol–water partition coefficient (Wildman–Crippen LogP) is 3.91. The van der Waals surface area contributed by atoms with Gasteiger partial charge < -0.3 is 0 Å². The van der Waals surface area contributed by atoms with Crippen LogP contribution in [0.15, 0.2) is 0 Å². The molecule has 1 aliphatic carbocycles. The van der Waals surface area contributed by atoms with Gasteiger partial charge in [-0.1, -0.05) is 0 Å². The molecule has 0 aromatic rings. The highest BCUT2D eigenvalue weighted by molar-refractivity contribution is 5.28. The first-order valence-corrected chi connectivity index (χ1v) is 4.41. The third kappa shape index (κ3) is 1.44. The summed E-state index contributed by atoms with van der Waals surface area (Å²) in [7, 11) is 0. The van der Waals surface area contributed by atoms with Crippen molar-refractivity contribution in [3.05, 3.63) is 0 Å². The van der Waals surface area contributed by atoms with E-state index < -0.39 is 41.4 Å². The molecule has 1 fully saturated rings. The Morgan fingerprint density at radius 1 is 0.524 bits per heavy atom. The van der Waals surface area contributed by atoms with Gasteiger partial charge in [0, 0.05) is 0 Å². The Morgan fingerprint density at radius 3 is 1.10 bits per heavy atom. The lowest BCUT2D eigenvalue weighted by Crippen LogP contribution is -2.87. The van der Waals surface area contributed by atoms with Gasteiger partial charge in [-0.15, -0.1) is 0 Å². The van der Waals surface area contributed by atoms with Gasteiger partial charge in [-0.2, -0.15) is 57.8 Å². The molecular formula is C7F13O. The van der Waals surface area contributed by atoms with Gasteiger partial charge in [-0.05, 0) is 0 Å². The first-order valence-electron chi connectivity index (χ1n) is 4.41. The van der Waals surface area contributed by atoms with Crippen molar-refractivity contribution in [2.75, 3.05) is 0 Å². The number of rotatable bonds is 0. The molecule has 1 aliphatic rings. The average Bonchev–Trinajstić information content (AvgIpc) is 2.23. The maximum atomic E-state index is 13.1. The molecule has 1 nitrogen and oxygen atoms in total. The molecule has 0 aliphatic heterocycles. The van der Waals surface area contributed by atoms with Crippen molar-refractivity contribution in [1.82, 2.24) is 0 Å². The van der Waals surface area contributed by atoms with Crippen LogP contribution in [0, 0.1) is 0 Å². The van der Waals surface area contributed by atoms with Crippen LogP contribution < -0.4 is 0 Å². The van der Waals surface area contributed by atoms with Gasteiger partial charge in [0.1, 0.15) is 0 Å². The fourth-order valence-corrected chi connectivity index (χ4v) is 1.59. The van der Waals surface area contributed by atoms with Crippen molar-refractivity contribution in [3.8, 4) is 0 Å². The average molecular weight is 347 g/mol. The van der Waals surface area contributed by atoms with Crippen molar-refractivity contribution in [2.45, 2.75) is 41.4 Å². The number of hydrogen-bond acceptors (Lipinski definition) is 0. The van der Waals surface area contributed by atoms with E-state index in [9.17, 15) is 62.2 Å². The second kappa shape index (κ2) is 3.68. The molecule has 0 bridgehead atoms. The standard InChI is InChI=1S/C7F13O/c8-1(7(18,19)20)2(9,10)3(11,12)4(13,14)5(15,16)6(1,17)21. The van der Waals surface area contributed by atoms with Crippen LogP contribution in [-0.2, 0) is 5.11 Å². The molecule has 0 N–H and O–H groups in total. The third-order valence-corrected chi connectivity index (χ3v) is 2.85. The summed E-state index contributed by atoms with van der Waals surface area (Å²) in [4.78, 5) is 0. The van der Waals surface area contributed by atoms with Gasteiger partial charge in [0.2, 0.25) is 0 Å². The van der Waals surface area contributed by atoms with Gasteiger partial charge in [0.15, 0.2) is 0 Å². The quantitative estimate of drug-likeness (QED) is 0.593. The second-order valence-corrected chi connectivity index (χ2v) is 4.05. The Kier molecular flexibility index (Phi) is 3.17. The van der Waals surface area contributed by atoms with E-state index in [1.165, 1.54) is 0 Å². The zero-order valence-electron chi connectivity index (χ0n) is 8.82. The highest BCUT2D eigenvalue weighted by Crippen LogP contribution is 2.71. The maximum absolute atomic E-state index is 13.1. The van der Waals surface area contributed by atoms with Crippen molar-refractivity contribution in [1.29, 1.82) is 0 Å². The fraction of sp³-hybridized carbons (Fsp3) is 1.00. The lowest BCUT2D eigenvalue weighted by molar-refractivity contribution is -0.536. The van der Waals surface area contributed by atoms with Crippen molar-refractivity contribution >= 4 is 0 Å². The lowest BCUT2D eigenvalue weighted by atomic mass is 9.71. The summed E-state index contributed by atoms with van der Waals surface area (Å²) in [5, 5.41) is 10.4. The minimum Gasteiger partial charge on any atom is -0.220 e. The number of hydrogen-bond donors (Lipinski definition) is 0. The van der Waals surface area contributed by atoms with E-state index in [1.807, 2.05) is 0 Å². The van der Waals surface area contributed by atoms with Crippen LogP contribution in [0.25, 0.3) is 0 Å². The van der Waals surface area contributed by atoms with Gasteiger partial charge >= 0.3 is 41.4 Å². The van der Waals surface area contributed by atoms with Gasteiger partial charge in [0.05, 0.1) is 0 Å². The van der Waals surface area contributed by atoms with Crippen LogP contribution in [0.1, 0.15) is 0 Å². The predicted molar refractivity (Wildman–Crippen MR) is 34.2 cm³/mol. The molecule has 0 heterocycles. The largest absolute Gasteiger partial charge is 0.434 e. The number of halogens is 13. The molecule has 21 heavy (non-hydrogen) atoms. The Morgan fingerprint density at radius 2 is 0.810 bits per heavy atom. The molecule has 1 saturated carbocycles. The summed E-state index contributed by atoms with van der Waals surface area (Å²) < 4.78 is 163. The lowest BCUT2D eigenvalue weighted by Gasteiger charge is -2.52. The molecular weight excluding hydrogens is 347 g/mol. The number of alkyl halides is 13. The topological polar surface area (TPSA) is 19.9 Å². The minimum absolute atomic E-state index is 7.58. The molecule has 125 valence electrons. The minimum atomic E-state index is -7.81. The SMILES string of the molecule is [O]C1(F)C(F)(F)C(F)(F)C(F)(F)C(F)(F)C1(F)C(F)(F)F. The molecule has 0 aromatic carbocycles. The second-order valence-electron chi connectivity index (χ2n) is 4.05. The smallest absolute Gasteiger partial charge is 0.220 e. The van der Waals surface area contributed by atoms with Gasteiger partial charge in [-0.3, -0.25) is 0 Å². The summed E-state index contributed by atoms with van der Waals surface area (Å²) in [6.07, 6.45) is -7.64. The molecule has 0 aromatic heterocycles. The van der Waals surface area contributed by atoms with E-state index in [2.05, 4.69) is 0 Å². The zero-order chi connectivity index (χ0) is 17.5. The van der Waals surface area contributed by atoms with E-state index in [-0.39, 0.29) is 0 Å². The molecule has 2 unspecified atom stereocenters. The van der Waals surface area contributed by atoms with Crippen LogP contribution in [0.5, 0.6) is 0 Å². The highest BCUT2D eigenvalue weighted by atomic mass is 19.4. The molecule has 1 rings (SSSR count). The van der Waals surface area contributed by atoms with Crippen LogP contribution >= 0.6 is 0 Å². The van der Waals surface area contributed by atoms with Gasteiger partial charge in [-0.25, -0.2) is 4.39 Å². The van der Waals surface area contributed by atoms with Gasteiger partial charge in [0.25, 0.3) is 0 Å². The monoisotopic (exact) mass is 347 g/mol. The van der Waals surface area contributed by atoms with E-state index in [0.717, 1.165) is 0 Å². The van der Waals surface area contributed by atoms with E-state index >= 15 is 0 Å². The van der Waals surface area contributed by atoms with Crippen LogP contribution in [0.4, 0.5) is 57.1 Å². The molecule has 0 amide bonds.